The fourth-order valence-corrected chi connectivity index (χ4v) is 2.73. The zero-order valence-corrected chi connectivity index (χ0v) is 9.25. The average molecular weight is 206 g/mol. The molecule has 0 saturated heterocycles. The molecule has 0 heterocycles. The Kier molecular flexibility index (Phi) is 2.68. The molecule has 1 N–H and O–H groups in total. The Morgan fingerprint density at radius 2 is 1.67 bits per heavy atom. The molecule has 0 bridgehead atoms. The number of hydrogen-bond acceptors (Lipinski definition) is 1. The van der Waals surface area contributed by atoms with Gasteiger partial charge in [-0.2, -0.15) is 0 Å². The van der Waals surface area contributed by atoms with E-state index < -0.39 is 11.4 Å². The second-order valence-electron chi connectivity index (χ2n) is 4.67. The van der Waals surface area contributed by atoms with Gasteiger partial charge in [0.25, 0.3) is 0 Å². The first-order valence-corrected chi connectivity index (χ1v) is 5.78. The van der Waals surface area contributed by atoms with Crippen LogP contribution in [-0.2, 0) is 4.79 Å². The summed E-state index contributed by atoms with van der Waals surface area (Å²) in [6, 6.07) is 0. The van der Waals surface area contributed by atoms with Gasteiger partial charge in [-0.15, -0.1) is 0 Å². The third kappa shape index (κ3) is 1.62. The minimum atomic E-state index is -0.701. The topological polar surface area (TPSA) is 37.3 Å². The Bertz CT molecular complexity index is 312. The first-order chi connectivity index (χ1) is 7.15. The van der Waals surface area contributed by atoms with E-state index in [0.717, 1.165) is 49.7 Å². The number of carboxylic acid groups (broad SMARTS) is 1. The van der Waals surface area contributed by atoms with Crippen LogP contribution in [0, 0.1) is 5.41 Å². The minimum absolute atomic E-state index is 0.677. The second-order valence-corrected chi connectivity index (χ2v) is 4.67. The number of rotatable bonds is 3. The highest BCUT2D eigenvalue weighted by atomic mass is 16.4. The van der Waals surface area contributed by atoms with E-state index in [0.29, 0.717) is 0 Å². The molecule has 2 aliphatic rings. The van der Waals surface area contributed by atoms with Crippen LogP contribution in [0.3, 0.4) is 0 Å². The highest BCUT2D eigenvalue weighted by Crippen LogP contribution is 2.45. The van der Waals surface area contributed by atoms with Gasteiger partial charge in [0.2, 0.25) is 0 Å². The van der Waals surface area contributed by atoms with Crippen LogP contribution in [0.2, 0.25) is 0 Å². The zero-order chi connectivity index (χ0) is 10.9. The zero-order valence-electron chi connectivity index (χ0n) is 9.25. The predicted molar refractivity (Wildman–Crippen MR) is 59.6 cm³/mol. The van der Waals surface area contributed by atoms with Crippen molar-refractivity contribution >= 4 is 5.97 Å². The summed E-state index contributed by atoms with van der Waals surface area (Å²) < 4.78 is 0. The van der Waals surface area contributed by atoms with Gasteiger partial charge in [-0.25, -0.2) is 0 Å². The van der Waals surface area contributed by atoms with E-state index in [1.165, 1.54) is 0 Å². The molecule has 0 amide bonds. The van der Waals surface area contributed by atoms with Gasteiger partial charge in [0.05, 0.1) is 0 Å². The average Bonchev–Trinajstić information content (AvgIpc) is 2.89. The van der Waals surface area contributed by atoms with Crippen LogP contribution in [0.25, 0.3) is 0 Å². The molecule has 2 nitrogen and oxygen atoms in total. The smallest absolute Gasteiger partial charge is 0.317 e. The molecule has 15 heavy (non-hydrogen) atoms. The van der Waals surface area contributed by atoms with Crippen LogP contribution >= 0.6 is 0 Å². The van der Waals surface area contributed by atoms with E-state index in [4.69, 9.17) is 0 Å². The summed E-state index contributed by atoms with van der Waals surface area (Å²) in [5, 5.41) is 9.47. The van der Waals surface area contributed by atoms with Crippen LogP contribution in [0.1, 0.15) is 45.4 Å². The standard InChI is InChI=1S/C13H18O2/c1-13(12(14)15,10-6-2-3-7-10)11-8-4-5-9-11/h6,8H,2-5,7,9H2,1H3,(H,14,15). The van der Waals surface area contributed by atoms with Gasteiger partial charge in [0, 0.05) is 0 Å². The fourth-order valence-electron chi connectivity index (χ4n) is 2.73. The molecular weight excluding hydrogens is 188 g/mol. The number of hydrogen-bond donors (Lipinski definition) is 1. The van der Waals surface area contributed by atoms with Crippen LogP contribution in [0.15, 0.2) is 23.3 Å². The largest absolute Gasteiger partial charge is 0.480 e. The molecule has 82 valence electrons. The van der Waals surface area contributed by atoms with E-state index >= 15 is 0 Å². The van der Waals surface area contributed by atoms with Crippen molar-refractivity contribution in [3.8, 4) is 0 Å². The monoisotopic (exact) mass is 206 g/mol. The van der Waals surface area contributed by atoms with Gasteiger partial charge in [0.1, 0.15) is 5.41 Å². The highest BCUT2D eigenvalue weighted by Gasteiger charge is 2.41. The molecule has 2 heteroatoms. The van der Waals surface area contributed by atoms with Gasteiger partial charge >= 0.3 is 5.97 Å². The highest BCUT2D eigenvalue weighted by molar-refractivity contribution is 5.82. The molecule has 0 aromatic carbocycles. The van der Waals surface area contributed by atoms with Crippen LogP contribution in [-0.4, -0.2) is 11.1 Å². The van der Waals surface area contributed by atoms with Gasteiger partial charge in [-0.1, -0.05) is 23.3 Å². The second kappa shape index (κ2) is 3.84. The maximum atomic E-state index is 11.5. The molecule has 0 unspecified atom stereocenters. The Morgan fingerprint density at radius 3 is 1.93 bits per heavy atom. The first-order valence-electron chi connectivity index (χ1n) is 5.78. The van der Waals surface area contributed by atoms with Crippen LogP contribution in [0.4, 0.5) is 0 Å². The normalized spacial score (nSPS) is 21.4. The summed E-state index contributed by atoms with van der Waals surface area (Å²) in [7, 11) is 0. The van der Waals surface area contributed by atoms with Crippen molar-refractivity contribution in [3.05, 3.63) is 23.3 Å². The molecule has 0 atom stereocenters. The number of carboxylic acids is 1. The third-order valence-corrected chi connectivity index (χ3v) is 3.79. The van der Waals surface area contributed by atoms with E-state index in [2.05, 4.69) is 12.2 Å². The van der Waals surface area contributed by atoms with E-state index in [-0.39, 0.29) is 0 Å². The third-order valence-electron chi connectivity index (χ3n) is 3.79. The molecule has 0 aromatic rings. The Labute approximate surface area is 90.7 Å². The molecule has 0 saturated carbocycles. The van der Waals surface area contributed by atoms with Crippen molar-refractivity contribution in [1.82, 2.24) is 0 Å². The lowest BCUT2D eigenvalue weighted by molar-refractivity contribution is -0.143. The Balaban J connectivity index is 2.35. The summed E-state index contributed by atoms with van der Waals surface area (Å²) in [5.41, 5.74) is 1.55. The Morgan fingerprint density at radius 1 is 1.20 bits per heavy atom. The minimum Gasteiger partial charge on any atom is -0.480 e. The maximum Gasteiger partial charge on any atom is 0.317 e. The number of carbonyl (C=O) groups is 1. The van der Waals surface area contributed by atoms with Crippen molar-refractivity contribution in [2.24, 2.45) is 5.41 Å². The van der Waals surface area contributed by atoms with Crippen molar-refractivity contribution < 1.29 is 9.90 Å². The number of aliphatic carboxylic acids is 1. The molecule has 0 aliphatic heterocycles. The molecular formula is C13H18O2. The predicted octanol–water partition coefficient (Wildman–Crippen LogP) is 3.30. The molecule has 0 aromatic heterocycles. The molecule has 2 aliphatic carbocycles. The lowest BCUT2D eigenvalue weighted by Crippen LogP contribution is -2.31. The quantitative estimate of drug-likeness (QED) is 0.719. The van der Waals surface area contributed by atoms with Crippen molar-refractivity contribution in [3.63, 3.8) is 0 Å². The summed E-state index contributed by atoms with van der Waals surface area (Å²) >= 11 is 0. The summed E-state index contributed by atoms with van der Waals surface area (Å²) in [6.07, 6.45) is 10.5. The van der Waals surface area contributed by atoms with E-state index in [9.17, 15) is 9.90 Å². The lowest BCUT2D eigenvalue weighted by Gasteiger charge is -2.28. The molecule has 2 rings (SSSR count). The van der Waals surface area contributed by atoms with E-state index in [1.54, 1.807) is 0 Å². The van der Waals surface area contributed by atoms with Gasteiger partial charge < -0.3 is 5.11 Å². The van der Waals surface area contributed by atoms with Crippen LogP contribution in [0.5, 0.6) is 0 Å². The molecule has 0 radical (unpaired) electrons. The number of allylic oxidation sites excluding steroid dienone is 2. The Hall–Kier alpha value is -1.05. The first kappa shape index (κ1) is 10.5. The van der Waals surface area contributed by atoms with Crippen molar-refractivity contribution in [2.75, 3.05) is 0 Å². The van der Waals surface area contributed by atoms with Crippen molar-refractivity contribution in [2.45, 2.75) is 45.4 Å². The van der Waals surface area contributed by atoms with Gasteiger partial charge in [0.15, 0.2) is 0 Å². The molecule has 0 fully saturated rings. The summed E-state index contributed by atoms with van der Waals surface area (Å²) in [4.78, 5) is 11.5. The maximum absolute atomic E-state index is 11.5. The molecule has 0 spiro atoms. The lowest BCUT2D eigenvalue weighted by atomic mass is 9.74. The fraction of sp³-hybridized carbons (Fsp3) is 0.615. The summed E-state index contributed by atoms with van der Waals surface area (Å²) in [6.45, 7) is 1.88. The van der Waals surface area contributed by atoms with Crippen molar-refractivity contribution in [1.29, 1.82) is 0 Å². The summed E-state index contributed by atoms with van der Waals surface area (Å²) in [5.74, 6) is -0.677. The van der Waals surface area contributed by atoms with Gasteiger partial charge in [-0.3, -0.25) is 4.79 Å². The van der Waals surface area contributed by atoms with Crippen LogP contribution < -0.4 is 0 Å². The SMILES string of the molecule is CC(C(=O)O)(C1=CCCC1)C1=CCCC1. The van der Waals surface area contributed by atoms with E-state index in [1.807, 2.05) is 6.92 Å². The van der Waals surface area contributed by atoms with Gasteiger partial charge in [-0.05, 0) is 45.4 Å².